The van der Waals surface area contributed by atoms with E-state index in [1.165, 1.54) is 18.2 Å². The quantitative estimate of drug-likeness (QED) is 0.528. The minimum Gasteiger partial charge on any atom is -0.507 e. The highest BCUT2D eigenvalue weighted by atomic mass is 35.5. The van der Waals surface area contributed by atoms with E-state index in [0.717, 1.165) is 11.3 Å². The number of phenols is 2. The van der Waals surface area contributed by atoms with Crippen LogP contribution in [0.5, 0.6) is 11.5 Å². The number of halogens is 1. The van der Waals surface area contributed by atoms with Gasteiger partial charge in [0.15, 0.2) is 0 Å². The van der Waals surface area contributed by atoms with Crippen LogP contribution < -0.4 is 5.32 Å². The van der Waals surface area contributed by atoms with Crippen molar-refractivity contribution in [2.75, 3.05) is 5.32 Å². The van der Waals surface area contributed by atoms with Gasteiger partial charge in [-0.15, -0.1) is 11.3 Å². The second kappa shape index (κ2) is 7.07. The first kappa shape index (κ1) is 17.8. The molecule has 0 fully saturated rings. The maximum absolute atomic E-state index is 12.4. The molecule has 1 amide bonds. The topological polar surface area (TPSA) is 107 Å². The maximum atomic E-state index is 12.4. The summed E-state index contributed by atoms with van der Waals surface area (Å²) in [6.45, 7) is 0. The number of rotatable bonds is 4. The van der Waals surface area contributed by atoms with Crippen LogP contribution in [0.25, 0.3) is 11.1 Å². The third-order valence-electron chi connectivity index (χ3n) is 3.63. The van der Waals surface area contributed by atoms with Crippen LogP contribution in [0.2, 0.25) is 5.02 Å². The number of carbonyl (C=O) groups is 2. The number of nitrogens with one attached hydrogen (secondary N) is 1. The second-order valence-electron chi connectivity index (χ2n) is 5.29. The number of benzene rings is 2. The van der Waals surface area contributed by atoms with Crippen LogP contribution in [0.3, 0.4) is 0 Å². The summed E-state index contributed by atoms with van der Waals surface area (Å²) in [7, 11) is 0. The summed E-state index contributed by atoms with van der Waals surface area (Å²) in [6, 6.07) is 10.5. The van der Waals surface area contributed by atoms with Crippen LogP contribution in [-0.4, -0.2) is 27.2 Å². The van der Waals surface area contributed by atoms with Crippen molar-refractivity contribution in [3.8, 4) is 22.6 Å². The lowest BCUT2D eigenvalue weighted by molar-refractivity contribution is 0.0699. The van der Waals surface area contributed by atoms with Crippen LogP contribution in [0.15, 0.2) is 47.8 Å². The number of carboxylic acids is 1. The normalized spacial score (nSPS) is 10.5. The third-order valence-corrected chi connectivity index (χ3v) is 4.78. The Bertz CT molecular complexity index is 977. The number of amides is 1. The minimum atomic E-state index is -1.21. The van der Waals surface area contributed by atoms with Gasteiger partial charge in [-0.2, -0.15) is 0 Å². The van der Waals surface area contributed by atoms with E-state index in [4.69, 9.17) is 11.6 Å². The molecule has 6 nitrogen and oxygen atoms in total. The Kier molecular flexibility index (Phi) is 4.83. The molecule has 3 rings (SSSR count). The number of aromatic hydroxyl groups is 2. The summed E-state index contributed by atoms with van der Waals surface area (Å²) < 4.78 is 0. The molecule has 0 spiro atoms. The lowest BCUT2D eigenvalue weighted by Gasteiger charge is -2.08. The molecule has 0 unspecified atom stereocenters. The number of anilines is 1. The van der Waals surface area contributed by atoms with Gasteiger partial charge in [-0.1, -0.05) is 29.8 Å². The van der Waals surface area contributed by atoms with E-state index >= 15 is 0 Å². The zero-order chi connectivity index (χ0) is 18.8. The SMILES string of the molecule is O=C(Nc1scc(-c2ccc(Cl)cc2)c1C(=O)O)c1c(O)cccc1O. The molecule has 0 aliphatic heterocycles. The molecule has 26 heavy (non-hydrogen) atoms. The summed E-state index contributed by atoms with van der Waals surface area (Å²) in [4.78, 5) is 24.1. The van der Waals surface area contributed by atoms with Crippen molar-refractivity contribution in [1.82, 2.24) is 0 Å². The monoisotopic (exact) mass is 389 g/mol. The van der Waals surface area contributed by atoms with Crippen LogP contribution in [0, 0.1) is 0 Å². The Balaban J connectivity index is 2.00. The van der Waals surface area contributed by atoms with E-state index in [2.05, 4.69) is 5.32 Å². The fourth-order valence-electron chi connectivity index (χ4n) is 2.43. The molecule has 1 heterocycles. The van der Waals surface area contributed by atoms with Crippen molar-refractivity contribution in [1.29, 1.82) is 0 Å². The van der Waals surface area contributed by atoms with Crippen molar-refractivity contribution in [3.63, 3.8) is 0 Å². The first-order chi connectivity index (χ1) is 12.4. The number of phenolic OH excluding ortho intramolecular Hbond substituents is 2. The van der Waals surface area contributed by atoms with E-state index in [1.807, 2.05) is 0 Å². The van der Waals surface area contributed by atoms with Crippen molar-refractivity contribution < 1.29 is 24.9 Å². The number of hydrogen-bond donors (Lipinski definition) is 4. The zero-order valence-electron chi connectivity index (χ0n) is 13.1. The van der Waals surface area contributed by atoms with Gasteiger partial charge in [0.25, 0.3) is 5.91 Å². The van der Waals surface area contributed by atoms with Crippen molar-refractivity contribution in [3.05, 3.63) is 64.0 Å². The van der Waals surface area contributed by atoms with Crippen molar-refractivity contribution in [2.24, 2.45) is 0 Å². The fraction of sp³-hybridized carbons (Fsp3) is 0. The molecule has 0 saturated heterocycles. The average Bonchev–Trinajstić information content (AvgIpc) is 2.99. The van der Waals surface area contributed by atoms with Gasteiger partial charge < -0.3 is 20.6 Å². The van der Waals surface area contributed by atoms with Crippen molar-refractivity contribution >= 4 is 39.8 Å². The predicted molar refractivity (Wildman–Crippen MR) is 99.4 cm³/mol. The largest absolute Gasteiger partial charge is 0.507 e. The summed E-state index contributed by atoms with van der Waals surface area (Å²) in [5, 5.41) is 33.8. The van der Waals surface area contributed by atoms with Crippen LogP contribution in [0.4, 0.5) is 5.00 Å². The molecule has 0 bridgehead atoms. The highest BCUT2D eigenvalue weighted by Crippen LogP contribution is 2.37. The van der Waals surface area contributed by atoms with Crippen LogP contribution >= 0.6 is 22.9 Å². The highest BCUT2D eigenvalue weighted by Gasteiger charge is 2.23. The summed E-state index contributed by atoms with van der Waals surface area (Å²) in [6.07, 6.45) is 0. The van der Waals surface area contributed by atoms with E-state index < -0.39 is 23.4 Å². The maximum Gasteiger partial charge on any atom is 0.339 e. The van der Waals surface area contributed by atoms with Gasteiger partial charge in [0.05, 0.1) is 0 Å². The van der Waals surface area contributed by atoms with Gasteiger partial charge in [0.1, 0.15) is 27.6 Å². The number of carbonyl (C=O) groups excluding carboxylic acids is 1. The fourth-order valence-corrected chi connectivity index (χ4v) is 3.51. The number of aromatic carboxylic acids is 1. The molecule has 0 aliphatic carbocycles. The number of thiophene rings is 1. The Morgan fingerprint density at radius 1 is 0.962 bits per heavy atom. The zero-order valence-corrected chi connectivity index (χ0v) is 14.6. The highest BCUT2D eigenvalue weighted by molar-refractivity contribution is 7.15. The van der Waals surface area contributed by atoms with Gasteiger partial charge in [0.2, 0.25) is 0 Å². The first-order valence-corrected chi connectivity index (χ1v) is 8.57. The number of carboxylic acid groups (broad SMARTS) is 1. The molecule has 0 saturated carbocycles. The smallest absolute Gasteiger partial charge is 0.339 e. The van der Waals surface area contributed by atoms with Gasteiger partial charge in [0, 0.05) is 16.0 Å². The Hall–Kier alpha value is -3.03. The molecule has 0 atom stereocenters. The van der Waals surface area contributed by atoms with Gasteiger partial charge in [-0.05, 0) is 29.8 Å². The van der Waals surface area contributed by atoms with E-state index in [0.29, 0.717) is 16.1 Å². The van der Waals surface area contributed by atoms with E-state index in [1.54, 1.807) is 29.6 Å². The summed E-state index contributed by atoms with van der Waals surface area (Å²) in [5.41, 5.74) is 0.649. The van der Waals surface area contributed by atoms with E-state index in [9.17, 15) is 24.9 Å². The van der Waals surface area contributed by atoms with E-state index in [-0.39, 0.29) is 16.1 Å². The van der Waals surface area contributed by atoms with Gasteiger partial charge in [-0.3, -0.25) is 4.79 Å². The van der Waals surface area contributed by atoms with Crippen molar-refractivity contribution in [2.45, 2.75) is 0 Å². The molecule has 0 aliphatic rings. The molecule has 0 radical (unpaired) electrons. The molecule has 2 aromatic carbocycles. The van der Waals surface area contributed by atoms with Crippen LogP contribution in [-0.2, 0) is 0 Å². The molecule has 8 heteroatoms. The number of hydrogen-bond acceptors (Lipinski definition) is 5. The Morgan fingerprint density at radius 2 is 1.58 bits per heavy atom. The molecular weight excluding hydrogens is 378 g/mol. The van der Waals surface area contributed by atoms with Gasteiger partial charge >= 0.3 is 5.97 Å². The van der Waals surface area contributed by atoms with Crippen LogP contribution in [0.1, 0.15) is 20.7 Å². The molecule has 4 N–H and O–H groups in total. The summed E-state index contributed by atoms with van der Waals surface area (Å²) in [5.74, 6) is -2.84. The average molecular weight is 390 g/mol. The molecule has 132 valence electrons. The Labute approximate surface area is 156 Å². The van der Waals surface area contributed by atoms with Gasteiger partial charge in [-0.25, -0.2) is 4.79 Å². The standard InChI is InChI=1S/C18H12ClNO5S/c19-10-6-4-9(5-7-10)11-8-26-17(14(11)18(24)25)20-16(23)15-12(21)2-1-3-13(15)22/h1-8,21-22H,(H,20,23)(H,24,25). The first-order valence-electron chi connectivity index (χ1n) is 7.31. The third kappa shape index (κ3) is 3.35. The molecule has 3 aromatic rings. The summed E-state index contributed by atoms with van der Waals surface area (Å²) >= 11 is 6.88. The second-order valence-corrected chi connectivity index (χ2v) is 6.61. The minimum absolute atomic E-state index is 0.0828. The molecule has 1 aromatic heterocycles. The predicted octanol–water partition coefficient (Wildman–Crippen LogP) is 4.43. The Morgan fingerprint density at radius 3 is 2.15 bits per heavy atom. The molecular formula is C18H12ClNO5S. The lowest BCUT2D eigenvalue weighted by Crippen LogP contribution is -2.14. The lowest BCUT2D eigenvalue weighted by atomic mass is 10.0.